The van der Waals surface area contributed by atoms with E-state index in [1.165, 1.54) is 6.07 Å². The molecule has 0 spiro atoms. The molecule has 1 heterocycles. The standard InChI is InChI=1S/C13H15Cl2N3O/c1-7(2)11-3-8(17-18-11)6-16-12-4-9(14)10(15)5-13(12)19/h3-5,7,16,19H,6H2,1-2H3,(H,17,18). The highest BCUT2D eigenvalue weighted by molar-refractivity contribution is 6.42. The second-order valence-electron chi connectivity index (χ2n) is 4.61. The van der Waals surface area contributed by atoms with Crippen LogP contribution in [0.3, 0.4) is 0 Å². The van der Waals surface area contributed by atoms with Gasteiger partial charge in [-0.1, -0.05) is 37.0 Å². The highest BCUT2D eigenvalue weighted by Gasteiger charge is 2.08. The number of rotatable bonds is 4. The van der Waals surface area contributed by atoms with Crippen LogP contribution in [0.2, 0.25) is 10.0 Å². The summed E-state index contributed by atoms with van der Waals surface area (Å²) in [5.41, 5.74) is 2.49. The Bertz CT molecular complexity index is 581. The zero-order chi connectivity index (χ0) is 14.0. The zero-order valence-corrected chi connectivity index (χ0v) is 12.2. The number of aromatic nitrogens is 2. The number of aromatic amines is 1. The normalized spacial score (nSPS) is 11.0. The number of phenolic OH excluding ortho intramolecular Hbond substituents is 1. The van der Waals surface area contributed by atoms with Gasteiger partial charge in [-0.25, -0.2) is 0 Å². The van der Waals surface area contributed by atoms with Gasteiger partial charge in [0, 0.05) is 6.07 Å². The first kappa shape index (κ1) is 14.0. The van der Waals surface area contributed by atoms with Gasteiger partial charge in [0.05, 0.1) is 33.7 Å². The van der Waals surface area contributed by atoms with E-state index in [9.17, 15) is 5.11 Å². The summed E-state index contributed by atoms with van der Waals surface area (Å²) in [5.74, 6) is 0.446. The minimum Gasteiger partial charge on any atom is -0.506 e. The molecule has 0 aliphatic carbocycles. The Morgan fingerprint density at radius 3 is 2.58 bits per heavy atom. The molecule has 0 saturated heterocycles. The van der Waals surface area contributed by atoms with Crippen molar-refractivity contribution in [2.45, 2.75) is 26.3 Å². The molecule has 0 atom stereocenters. The molecule has 6 heteroatoms. The summed E-state index contributed by atoms with van der Waals surface area (Å²) in [5, 5.41) is 20.7. The fourth-order valence-corrected chi connectivity index (χ4v) is 1.96. The van der Waals surface area contributed by atoms with Crippen molar-refractivity contribution in [3.8, 4) is 5.75 Å². The third-order valence-electron chi connectivity index (χ3n) is 2.75. The number of benzene rings is 1. The third-order valence-corrected chi connectivity index (χ3v) is 3.47. The van der Waals surface area contributed by atoms with Crippen LogP contribution in [0.15, 0.2) is 18.2 Å². The summed E-state index contributed by atoms with van der Waals surface area (Å²) in [6.45, 7) is 4.68. The Morgan fingerprint density at radius 1 is 1.26 bits per heavy atom. The molecular weight excluding hydrogens is 285 g/mol. The molecule has 0 saturated carbocycles. The number of nitrogens with zero attached hydrogens (tertiary/aromatic N) is 1. The van der Waals surface area contributed by atoms with Crippen LogP contribution in [0.25, 0.3) is 0 Å². The van der Waals surface area contributed by atoms with Crippen molar-refractivity contribution in [2.75, 3.05) is 5.32 Å². The molecule has 2 rings (SSSR count). The summed E-state index contributed by atoms with van der Waals surface area (Å²) in [4.78, 5) is 0. The fraction of sp³-hybridized carbons (Fsp3) is 0.308. The van der Waals surface area contributed by atoms with Crippen LogP contribution in [0, 0.1) is 0 Å². The number of anilines is 1. The molecular formula is C13H15Cl2N3O. The Labute approximate surface area is 121 Å². The van der Waals surface area contributed by atoms with Crippen molar-refractivity contribution >= 4 is 28.9 Å². The van der Waals surface area contributed by atoms with Crippen molar-refractivity contribution in [1.82, 2.24) is 10.2 Å². The van der Waals surface area contributed by atoms with Crippen LogP contribution in [0.5, 0.6) is 5.75 Å². The van der Waals surface area contributed by atoms with E-state index in [2.05, 4.69) is 29.4 Å². The first-order valence-electron chi connectivity index (χ1n) is 5.93. The molecule has 3 N–H and O–H groups in total. The third kappa shape index (κ3) is 3.33. The molecule has 1 aromatic carbocycles. The molecule has 0 aliphatic rings. The van der Waals surface area contributed by atoms with Gasteiger partial charge in [-0.2, -0.15) is 5.10 Å². The smallest absolute Gasteiger partial charge is 0.140 e. The van der Waals surface area contributed by atoms with E-state index >= 15 is 0 Å². The lowest BCUT2D eigenvalue weighted by Crippen LogP contribution is -2.00. The predicted octanol–water partition coefficient (Wildman–Crippen LogP) is 4.16. The molecule has 0 radical (unpaired) electrons. The maximum absolute atomic E-state index is 9.76. The molecule has 1 aromatic heterocycles. The van der Waals surface area contributed by atoms with E-state index in [-0.39, 0.29) is 5.75 Å². The SMILES string of the molecule is CC(C)c1cc(CNc2cc(Cl)c(Cl)cc2O)[nH]n1. The number of phenols is 1. The number of H-pyrrole nitrogens is 1. The lowest BCUT2D eigenvalue weighted by Gasteiger charge is -2.08. The van der Waals surface area contributed by atoms with Gasteiger partial charge in [0.15, 0.2) is 0 Å². The molecule has 0 bridgehead atoms. The summed E-state index contributed by atoms with van der Waals surface area (Å²) >= 11 is 11.7. The summed E-state index contributed by atoms with van der Waals surface area (Å²) in [6, 6.07) is 5.00. The van der Waals surface area contributed by atoms with E-state index in [1.54, 1.807) is 6.07 Å². The lowest BCUT2D eigenvalue weighted by molar-refractivity contribution is 0.477. The average molecular weight is 300 g/mol. The van der Waals surface area contributed by atoms with Gasteiger partial charge < -0.3 is 10.4 Å². The maximum atomic E-state index is 9.76. The van der Waals surface area contributed by atoms with Crippen LogP contribution in [-0.2, 0) is 6.54 Å². The van der Waals surface area contributed by atoms with E-state index in [0.29, 0.717) is 28.2 Å². The molecule has 0 aliphatic heterocycles. The first-order valence-corrected chi connectivity index (χ1v) is 6.69. The Balaban J connectivity index is 2.07. The monoisotopic (exact) mass is 299 g/mol. The highest BCUT2D eigenvalue weighted by atomic mass is 35.5. The van der Waals surface area contributed by atoms with Gasteiger partial charge in [0.2, 0.25) is 0 Å². The van der Waals surface area contributed by atoms with Crippen LogP contribution >= 0.6 is 23.2 Å². The van der Waals surface area contributed by atoms with Crippen LogP contribution in [0.1, 0.15) is 31.2 Å². The molecule has 19 heavy (non-hydrogen) atoms. The van der Waals surface area contributed by atoms with Crippen LogP contribution < -0.4 is 5.32 Å². The van der Waals surface area contributed by atoms with Gasteiger partial charge in [-0.3, -0.25) is 5.10 Å². The largest absolute Gasteiger partial charge is 0.506 e. The van der Waals surface area contributed by atoms with E-state index in [1.807, 2.05) is 6.07 Å². The number of halogens is 2. The van der Waals surface area contributed by atoms with Crippen molar-refractivity contribution in [3.63, 3.8) is 0 Å². The van der Waals surface area contributed by atoms with E-state index < -0.39 is 0 Å². The van der Waals surface area contributed by atoms with E-state index in [0.717, 1.165) is 11.4 Å². The second kappa shape index (κ2) is 5.72. The maximum Gasteiger partial charge on any atom is 0.140 e. The molecule has 102 valence electrons. The summed E-state index contributed by atoms with van der Waals surface area (Å²) in [6.07, 6.45) is 0. The topological polar surface area (TPSA) is 60.9 Å². The first-order chi connectivity index (χ1) is 8.97. The average Bonchev–Trinajstić information content (AvgIpc) is 2.81. The lowest BCUT2D eigenvalue weighted by atomic mass is 10.1. The van der Waals surface area contributed by atoms with Gasteiger partial charge in [-0.05, 0) is 18.1 Å². The van der Waals surface area contributed by atoms with Gasteiger partial charge in [0.25, 0.3) is 0 Å². The zero-order valence-electron chi connectivity index (χ0n) is 10.7. The number of aromatic hydroxyl groups is 1. The minimum absolute atomic E-state index is 0.0676. The van der Waals surface area contributed by atoms with Gasteiger partial charge in [-0.15, -0.1) is 0 Å². The highest BCUT2D eigenvalue weighted by Crippen LogP contribution is 2.33. The van der Waals surface area contributed by atoms with Gasteiger partial charge in [0.1, 0.15) is 5.75 Å². The number of hydrogen-bond acceptors (Lipinski definition) is 3. The van der Waals surface area contributed by atoms with Crippen molar-refractivity contribution in [3.05, 3.63) is 39.6 Å². The van der Waals surface area contributed by atoms with Crippen molar-refractivity contribution in [1.29, 1.82) is 0 Å². The van der Waals surface area contributed by atoms with Crippen molar-refractivity contribution in [2.24, 2.45) is 0 Å². The van der Waals surface area contributed by atoms with Crippen molar-refractivity contribution < 1.29 is 5.11 Å². The van der Waals surface area contributed by atoms with Crippen LogP contribution in [0.4, 0.5) is 5.69 Å². The molecule has 2 aromatic rings. The summed E-state index contributed by atoms with van der Waals surface area (Å²) in [7, 11) is 0. The Morgan fingerprint density at radius 2 is 1.95 bits per heavy atom. The van der Waals surface area contributed by atoms with E-state index in [4.69, 9.17) is 23.2 Å². The minimum atomic E-state index is 0.0676. The molecule has 0 fully saturated rings. The molecule has 0 unspecified atom stereocenters. The molecule has 0 amide bonds. The summed E-state index contributed by atoms with van der Waals surface area (Å²) < 4.78 is 0. The van der Waals surface area contributed by atoms with Gasteiger partial charge >= 0.3 is 0 Å². The van der Waals surface area contributed by atoms with Crippen LogP contribution in [-0.4, -0.2) is 15.3 Å². The Kier molecular flexibility index (Phi) is 4.22. The Hall–Kier alpha value is -1.39. The molecule has 4 nitrogen and oxygen atoms in total. The quantitative estimate of drug-likeness (QED) is 0.743. The fourth-order valence-electron chi connectivity index (χ4n) is 1.63. The number of nitrogens with one attached hydrogen (secondary N) is 2. The predicted molar refractivity (Wildman–Crippen MR) is 78.1 cm³/mol. The second-order valence-corrected chi connectivity index (χ2v) is 5.42. The number of hydrogen-bond donors (Lipinski definition) is 3.